The first-order valence-electron chi connectivity index (χ1n) is 9.28. The van der Waals surface area contributed by atoms with E-state index in [-0.39, 0.29) is 7.43 Å². The molecule has 1 saturated carbocycles. The monoisotopic (exact) mass is 397 g/mol. The fraction of sp³-hybridized carbons (Fsp3) is 0.292. The van der Waals surface area contributed by atoms with Crippen molar-refractivity contribution in [3.63, 3.8) is 0 Å². The van der Waals surface area contributed by atoms with Gasteiger partial charge in [-0.2, -0.15) is 0 Å². The third kappa shape index (κ3) is 4.87. The highest BCUT2D eigenvalue weighted by Gasteiger charge is 2.23. The molecule has 2 N–H and O–H groups in total. The van der Waals surface area contributed by atoms with Gasteiger partial charge in [-0.25, -0.2) is 0 Å². The number of nitrogens with one attached hydrogen (secondary N) is 1. The van der Waals surface area contributed by atoms with Crippen LogP contribution in [0.25, 0.3) is 10.8 Å². The van der Waals surface area contributed by atoms with Crippen LogP contribution in [-0.4, -0.2) is 27.0 Å². The highest BCUT2D eigenvalue weighted by molar-refractivity contribution is 8.02. The van der Waals surface area contributed by atoms with Gasteiger partial charge < -0.3 is 10.4 Å². The smallest absolute Gasteiger partial charge is 0.115 e. The average Bonchev–Trinajstić information content (AvgIpc) is 3.51. The Labute approximate surface area is 169 Å². The Kier molecular flexibility index (Phi) is 7.14. The summed E-state index contributed by atoms with van der Waals surface area (Å²) in [5, 5.41) is 14.4. The quantitative estimate of drug-likeness (QED) is 0.545. The molecular formula is C24H31NO2S. The normalized spacial score (nSPS) is 14.3. The van der Waals surface area contributed by atoms with Gasteiger partial charge in [0.05, 0.1) is 0 Å². The number of fused-ring (bicyclic) bond motifs is 1. The van der Waals surface area contributed by atoms with E-state index in [1.165, 1.54) is 10.4 Å². The van der Waals surface area contributed by atoms with Crippen LogP contribution in [0, 0.1) is 6.92 Å². The van der Waals surface area contributed by atoms with E-state index < -0.39 is 9.52 Å². The van der Waals surface area contributed by atoms with Crippen molar-refractivity contribution in [1.29, 1.82) is 0 Å². The Morgan fingerprint density at radius 1 is 0.964 bits per heavy atom. The Morgan fingerprint density at radius 2 is 1.57 bits per heavy atom. The minimum absolute atomic E-state index is 0. The van der Waals surface area contributed by atoms with Gasteiger partial charge in [0.25, 0.3) is 0 Å². The van der Waals surface area contributed by atoms with Gasteiger partial charge in [0.1, 0.15) is 5.75 Å². The summed E-state index contributed by atoms with van der Waals surface area (Å²) >= 11 is 0. The van der Waals surface area contributed by atoms with Gasteiger partial charge in [0.2, 0.25) is 0 Å². The molecule has 1 aliphatic carbocycles. The van der Waals surface area contributed by atoms with E-state index in [0.717, 1.165) is 40.7 Å². The van der Waals surface area contributed by atoms with E-state index in [2.05, 4.69) is 30.4 Å². The lowest BCUT2D eigenvalue weighted by atomic mass is 10.1. The summed E-state index contributed by atoms with van der Waals surface area (Å²) in [6.45, 7) is 4.97. The molecule has 0 amide bonds. The summed E-state index contributed by atoms with van der Waals surface area (Å²) in [6, 6.07) is 19.4. The highest BCUT2D eigenvalue weighted by Crippen LogP contribution is 2.32. The van der Waals surface area contributed by atoms with Crippen molar-refractivity contribution in [2.75, 3.05) is 18.1 Å². The van der Waals surface area contributed by atoms with Crippen molar-refractivity contribution >= 4 is 30.8 Å². The van der Waals surface area contributed by atoms with E-state index >= 15 is 0 Å². The topological polar surface area (TPSA) is 49.3 Å². The Balaban J connectivity index is 0.000000264. The predicted octanol–water partition coefficient (Wildman–Crippen LogP) is 5.85. The first-order chi connectivity index (χ1) is 12.9. The maximum atomic E-state index is 13.0. The van der Waals surface area contributed by atoms with Crippen molar-refractivity contribution < 1.29 is 9.32 Å². The van der Waals surface area contributed by atoms with Crippen LogP contribution in [0.2, 0.25) is 0 Å². The van der Waals surface area contributed by atoms with Gasteiger partial charge in [-0.1, -0.05) is 49.4 Å². The first-order valence-corrected chi connectivity index (χ1v) is 11.3. The van der Waals surface area contributed by atoms with Gasteiger partial charge in [0.15, 0.2) is 0 Å². The van der Waals surface area contributed by atoms with Crippen LogP contribution in [0.1, 0.15) is 32.8 Å². The molecule has 0 spiro atoms. The lowest BCUT2D eigenvalue weighted by Gasteiger charge is -2.13. The highest BCUT2D eigenvalue weighted by atomic mass is 32.2. The Bertz CT molecular complexity index is 1030. The van der Waals surface area contributed by atoms with Crippen LogP contribution in [0.4, 0.5) is 5.69 Å². The number of phenolic OH excluding ortho intramolecular Hbond substituents is 1. The molecule has 3 aromatic carbocycles. The molecule has 0 bridgehead atoms. The maximum Gasteiger partial charge on any atom is 0.115 e. The fourth-order valence-corrected chi connectivity index (χ4v) is 5.21. The van der Waals surface area contributed by atoms with E-state index in [4.69, 9.17) is 5.11 Å². The summed E-state index contributed by atoms with van der Waals surface area (Å²) < 4.78 is 13.0. The Morgan fingerprint density at radius 3 is 2.11 bits per heavy atom. The lowest BCUT2D eigenvalue weighted by molar-refractivity contribution is 0.475. The van der Waals surface area contributed by atoms with Crippen LogP contribution in [0.3, 0.4) is 0 Å². The van der Waals surface area contributed by atoms with E-state index in [0.29, 0.717) is 5.75 Å². The third-order valence-electron chi connectivity index (χ3n) is 4.71. The van der Waals surface area contributed by atoms with Gasteiger partial charge in [-0.05, 0) is 70.7 Å². The zero-order valence-corrected chi connectivity index (χ0v) is 17.0. The number of anilines is 1. The molecule has 0 heterocycles. The second kappa shape index (κ2) is 9.16. The molecule has 4 rings (SSSR count). The molecule has 1 atom stereocenters. The van der Waals surface area contributed by atoms with Gasteiger partial charge in [-0.3, -0.25) is 4.21 Å². The number of hydrogen-bond donors (Lipinski definition) is 2. The molecule has 0 aliphatic heterocycles. The van der Waals surface area contributed by atoms with Crippen LogP contribution in [-0.2, 0) is 9.52 Å². The second-order valence-electron chi connectivity index (χ2n) is 6.91. The van der Waals surface area contributed by atoms with Crippen molar-refractivity contribution in [1.82, 2.24) is 0 Å². The fourth-order valence-electron chi connectivity index (χ4n) is 3.10. The first kappa shape index (κ1) is 21.8. The lowest BCUT2D eigenvalue weighted by Crippen LogP contribution is -2.05. The number of aromatic hydroxyl groups is 1. The van der Waals surface area contributed by atoms with Gasteiger partial charge in [-0.15, -0.1) is 0 Å². The van der Waals surface area contributed by atoms with Crippen LogP contribution in [0.15, 0.2) is 65.6 Å². The number of rotatable bonds is 3. The zero-order valence-electron chi connectivity index (χ0n) is 16.2. The molecule has 0 aromatic heterocycles. The van der Waals surface area contributed by atoms with Crippen LogP contribution in [0.5, 0.6) is 5.75 Å². The van der Waals surface area contributed by atoms with Crippen molar-refractivity contribution in [2.45, 2.75) is 39.0 Å². The van der Waals surface area contributed by atoms with Crippen LogP contribution >= 0.6 is 0 Å². The third-order valence-corrected chi connectivity index (χ3v) is 7.42. The predicted molar refractivity (Wildman–Crippen MR) is 124 cm³/mol. The zero-order chi connectivity index (χ0) is 19.4. The molecule has 0 saturated heterocycles. The average molecular weight is 398 g/mol. The molecule has 0 radical (unpaired) electrons. The largest absolute Gasteiger partial charge is 0.508 e. The molecule has 1 aliphatic rings. The molecule has 150 valence electrons. The van der Waals surface area contributed by atoms with E-state index in [9.17, 15) is 4.21 Å². The molecular weight excluding hydrogens is 366 g/mol. The SMILES string of the molecule is C.CCNc1ccc(S(C)(=O)=C2CC2)c2ccccc12.Cc1ccc(O)cc1. The summed E-state index contributed by atoms with van der Waals surface area (Å²) in [4.78, 5) is 2.21. The standard InChI is InChI=1S/C16H19NOS.C7H8O.CH4/c1-3-17-15-10-11-16(19(2,18)12-8-9-12)14-7-5-4-6-13(14)15;1-6-2-4-7(8)5-3-6;/h4-7,10-11,17H,3,8-9H2,1-2H3;2-5,8H,1H3;1H4. The summed E-state index contributed by atoms with van der Waals surface area (Å²) in [6.07, 6.45) is 3.95. The summed E-state index contributed by atoms with van der Waals surface area (Å²) in [5.41, 5.74) is 2.29. The van der Waals surface area contributed by atoms with Crippen molar-refractivity contribution in [3.8, 4) is 5.75 Å². The second-order valence-corrected chi connectivity index (χ2v) is 9.61. The van der Waals surface area contributed by atoms with E-state index in [1.54, 1.807) is 12.1 Å². The number of benzene rings is 3. The number of hydrogen-bond acceptors (Lipinski definition) is 3. The van der Waals surface area contributed by atoms with Gasteiger partial charge in [0, 0.05) is 28.8 Å². The maximum absolute atomic E-state index is 13.0. The molecule has 3 aromatic rings. The van der Waals surface area contributed by atoms with Crippen molar-refractivity contribution in [3.05, 3.63) is 66.2 Å². The Hall–Kier alpha value is -2.46. The summed E-state index contributed by atoms with van der Waals surface area (Å²) in [5.74, 6) is 0.329. The molecule has 3 nitrogen and oxygen atoms in total. The minimum Gasteiger partial charge on any atom is -0.508 e. The molecule has 4 heteroatoms. The molecule has 28 heavy (non-hydrogen) atoms. The number of phenols is 1. The van der Waals surface area contributed by atoms with E-state index in [1.807, 2.05) is 43.5 Å². The van der Waals surface area contributed by atoms with Crippen LogP contribution < -0.4 is 5.32 Å². The molecule has 1 fully saturated rings. The van der Waals surface area contributed by atoms with Crippen molar-refractivity contribution in [2.24, 2.45) is 0 Å². The van der Waals surface area contributed by atoms with Gasteiger partial charge >= 0.3 is 0 Å². The molecule has 1 unspecified atom stereocenters. The summed E-state index contributed by atoms with van der Waals surface area (Å²) in [7, 11) is -1.99. The number of aryl methyl sites for hydroxylation is 1. The minimum atomic E-state index is -1.99.